The number of benzene rings is 1. The zero-order chi connectivity index (χ0) is 12.5. The molecule has 4 nitrogen and oxygen atoms in total. The van der Waals surface area contributed by atoms with E-state index in [1.165, 1.54) is 0 Å². The summed E-state index contributed by atoms with van der Waals surface area (Å²) < 4.78 is 0.996. The summed E-state index contributed by atoms with van der Waals surface area (Å²) >= 11 is 3.39. The van der Waals surface area contributed by atoms with E-state index >= 15 is 0 Å². The van der Waals surface area contributed by atoms with E-state index in [2.05, 4.69) is 31.6 Å². The van der Waals surface area contributed by atoms with Gasteiger partial charge in [-0.15, -0.1) is 0 Å². The maximum absolute atomic E-state index is 12.1. The molecule has 1 heterocycles. The lowest BCUT2D eigenvalue weighted by Crippen LogP contribution is -2.43. The molecule has 2 rings (SSSR count). The van der Waals surface area contributed by atoms with Crippen molar-refractivity contribution in [1.29, 1.82) is 0 Å². The van der Waals surface area contributed by atoms with Gasteiger partial charge >= 0.3 is 0 Å². The van der Waals surface area contributed by atoms with Crippen molar-refractivity contribution in [2.24, 2.45) is 4.99 Å². The van der Waals surface area contributed by atoms with Gasteiger partial charge in [-0.3, -0.25) is 15.1 Å². The monoisotopic (exact) mass is 295 g/mol. The Hall–Kier alpha value is -1.36. The average molecular weight is 296 g/mol. The fourth-order valence-corrected chi connectivity index (χ4v) is 2.27. The van der Waals surface area contributed by atoms with Gasteiger partial charge < -0.3 is 5.32 Å². The molecule has 17 heavy (non-hydrogen) atoms. The molecule has 5 heteroatoms. The molecule has 0 radical (unpaired) electrons. The largest absolute Gasteiger partial charge is 0.338 e. The lowest BCUT2D eigenvalue weighted by molar-refractivity contribution is -0.124. The third kappa shape index (κ3) is 1.95. The van der Waals surface area contributed by atoms with Crippen LogP contribution in [0.1, 0.15) is 18.9 Å². The van der Waals surface area contributed by atoms with Gasteiger partial charge in [0.1, 0.15) is 5.54 Å². The van der Waals surface area contributed by atoms with E-state index in [-0.39, 0.29) is 5.91 Å². The molecule has 0 saturated carbocycles. The first-order valence-corrected chi connectivity index (χ1v) is 6.24. The topological polar surface area (TPSA) is 53.5 Å². The zero-order valence-corrected chi connectivity index (χ0v) is 11.3. The Labute approximate surface area is 109 Å². The van der Waals surface area contributed by atoms with Crippen molar-refractivity contribution in [2.45, 2.75) is 18.9 Å². The van der Waals surface area contributed by atoms with Crippen LogP contribution in [0, 0.1) is 0 Å². The minimum Gasteiger partial charge on any atom is -0.338 e. The summed E-state index contributed by atoms with van der Waals surface area (Å²) in [5.41, 5.74) is 0.245. The number of rotatable bonds is 2. The number of nitrogens with zero attached hydrogens (tertiary/aromatic N) is 1. The van der Waals surface area contributed by atoms with E-state index in [4.69, 9.17) is 0 Å². The Balaban J connectivity index is 2.45. The molecule has 1 unspecified atom stereocenters. The van der Waals surface area contributed by atoms with E-state index < -0.39 is 5.54 Å². The van der Waals surface area contributed by atoms with E-state index in [1.54, 1.807) is 7.05 Å². The molecule has 0 aliphatic carbocycles. The second-order valence-corrected chi connectivity index (χ2v) is 4.83. The van der Waals surface area contributed by atoms with Gasteiger partial charge in [0.05, 0.1) is 0 Å². The number of halogens is 1. The predicted octanol–water partition coefficient (Wildman–Crippen LogP) is 1.76. The van der Waals surface area contributed by atoms with Gasteiger partial charge in [0, 0.05) is 11.5 Å². The average Bonchev–Trinajstić information content (AvgIpc) is 2.68. The maximum atomic E-state index is 12.1. The summed E-state index contributed by atoms with van der Waals surface area (Å²) in [4.78, 5) is 16.1. The standard InChI is InChI=1S/C12H14BrN3O/c1-3-12(8-4-6-9(13)7-5-8)10(17)15-11(14-2)16-12/h4-7H,3H2,1-2H3,(H2,14,15,16,17). The molecule has 0 aromatic heterocycles. The molecule has 1 fully saturated rings. The molecule has 0 bridgehead atoms. The highest BCUT2D eigenvalue weighted by Gasteiger charge is 2.44. The first-order chi connectivity index (χ1) is 8.12. The fraction of sp³-hybridized carbons (Fsp3) is 0.333. The molecular weight excluding hydrogens is 282 g/mol. The minimum absolute atomic E-state index is 0.0528. The number of carbonyl (C=O) groups excluding carboxylic acids is 1. The van der Waals surface area contributed by atoms with Crippen molar-refractivity contribution < 1.29 is 4.79 Å². The molecular formula is C12H14BrN3O. The molecule has 0 spiro atoms. The molecule has 1 aliphatic heterocycles. The van der Waals surface area contributed by atoms with Crippen LogP contribution in [-0.4, -0.2) is 18.9 Å². The van der Waals surface area contributed by atoms with Crippen LogP contribution in [0.2, 0.25) is 0 Å². The molecule has 1 atom stereocenters. The SMILES string of the molecule is CCC1(c2ccc(Br)cc2)NC(=NC)NC1=O. The van der Waals surface area contributed by atoms with Crippen LogP contribution in [0.5, 0.6) is 0 Å². The molecule has 2 N–H and O–H groups in total. The Morgan fingerprint density at radius 2 is 2.00 bits per heavy atom. The van der Waals surface area contributed by atoms with Gasteiger partial charge in [-0.25, -0.2) is 0 Å². The predicted molar refractivity (Wildman–Crippen MR) is 70.7 cm³/mol. The number of guanidine groups is 1. The summed E-state index contributed by atoms with van der Waals surface area (Å²) in [6.07, 6.45) is 0.666. The van der Waals surface area contributed by atoms with Crippen LogP contribution in [0.4, 0.5) is 0 Å². The van der Waals surface area contributed by atoms with E-state index in [1.807, 2.05) is 31.2 Å². The highest BCUT2D eigenvalue weighted by molar-refractivity contribution is 9.10. The van der Waals surface area contributed by atoms with Crippen LogP contribution in [0.3, 0.4) is 0 Å². The van der Waals surface area contributed by atoms with E-state index in [0.717, 1.165) is 10.0 Å². The lowest BCUT2D eigenvalue weighted by Gasteiger charge is -2.25. The molecule has 1 aliphatic rings. The number of hydrogen-bond acceptors (Lipinski definition) is 2. The second kappa shape index (κ2) is 4.49. The Bertz CT molecular complexity index is 469. The number of carbonyl (C=O) groups is 1. The number of aliphatic imine (C=N–C) groups is 1. The van der Waals surface area contributed by atoms with Crippen LogP contribution in [0.15, 0.2) is 33.7 Å². The van der Waals surface area contributed by atoms with Crippen molar-refractivity contribution in [1.82, 2.24) is 10.6 Å². The minimum atomic E-state index is -0.699. The zero-order valence-electron chi connectivity index (χ0n) is 9.75. The summed E-state index contributed by atoms with van der Waals surface area (Å²) in [7, 11) is 1.65. The number of hydrogen-bond donors (Lipinski definition) is 2. The van der Waals surface area contributed by atoms with Gasteiger partial charge in [0.25, 0.3) is 5.91 Å². The number of nitrogens with one attached hydrogen (secondary N) is 2. The third-order valence-corrected chi connectivity index (χ3v) is 3.57. The highest BCUT2D eigenvalue weighted by atomic mass is 79.9. The molecule has 1 amide bonds. The summed E-state index contributed by atoms with van der Waals surface area (Å²) in [6, 6.07) is 7.75. The molecule has 90 valence electrons. The molecule has 1 saturated heterocycles. The maximum Gasteiger partial charge on any atom is 0.257 e. The summed E-state index contributed by atoms with van der Waals surface area (Å²) in [5.74, 6) is 0.475. The van der Waals surface area contributed by atoms with Crippen LogP contribution >= 0.6 is 15.9 Å². The third-order valence-electron chi connectivity index (χ3n) is 3.04. The van der Waals surface area contributed by atoms with Crippen molar-refractivity contribution in [3.05, 3.63) is 34.3 Å². The fourth-order valence-electron chi connectivity index (χ4n) is 2.01. The summed E-state index contributed by atoms with van der Waals surface area (Å²) in [5, 5.41) is 5.91. The lowest BCUT2D eigenvalue weighted by atomic mass is 9.87. The van der Waals surface area contributed by atoms with Gasteiger partial charge in [0.15, 0.2) is 5.96 Å². The Morgan fingerprint density at radius 1 is 1.35 bits per heavy atom. The van der Waals surface area contributed by atoms with Gasteiger partial charge in [-0.05, 0) is 24.1 Å². The second-order valence-electron chi connectivity index (χ2n) is 3.92. The van der Waals surface area contributed by atoms with Crippen LogP contribution < -0.4 is 10.6 Å². The van der Waals surface area contributed by atoms with Crippen LogP contribution in [0.25, 0.3) is 0 Å². The van der Waals surface area contributed by atoms with Crippen LogP contribution in [-0.2, 0) is 10.3 Å². The number of amides is 1. The van der Waals surface area contributed by atoms with Gasteiger partial charge in [-0.2, -0.15) is 0 Å². The van der Waals surface area contributed by atoms with Crippen molar-refractivity contribution in [3.63, 3.8) is 0 Å². The van der Waals surface area contributed by atoms with Crippen molar-refractivity contribution in [2.75, 3.05) is 7.05 Å². The normalized spacial score (nSPS) is 25.8. The van der Waals surface area contributed by atoms with Gasteiger partial charge in [0.2, 0.25) is 0 Å². The van der Waals surface area contributed by atoms with E-state index in [9.17, 15) is 4.79 Å². The highest BCUT2D eigenvalue weighted by Crippen LogP contribution is 2.29. The Kier molecular flexibility index (Phi) is 3.19. The molecule has 1 aromatic rings. The Morgan fingerprint density at radius 3 is 2.47 bits per heavy atom. The summed E-state index contributed by atoms with van der Waals surface area (Å²) in [6.45, 7) is 1.98. The van der Waals surface area contributed by atoms with E-state index in [0.29, 0.717) is 12.4 Å². The van der Waals surface area contributed by atoms with Crippen molar-refractivity contribution in [3.8, 4) is 0 Å². The van der Waals surface area contributed by atoms with Crippen molar-refractivity contribution >= 4 is 27.8 Å². The molecule has 1 aromatic carbocycles. The van der Waals surface area contributed by atoms with Gasteiger partial charge in [-0.1, -0.05) is 35.0 Å². The first-order valence-electron chi connectivity index (χ1n) is 5.45. The smallest absolute Gasteiger partial charge is 0.257 e. The first kappa shape index (κ1) is 12.1. The quantitative estimate of drug-likeness (QED) is 0.874.